The van der Waals surface area contributed by atoms with Crippen LogP contribution in [0.15, 0.2) is 0 Å². The van der Waals surface area contributed by atoms with Gasteiger partial charge in [-0.3, -0.25) is 0 Å². The fraction of sp³-hybridized carbons (Fsp3) is 1.00. The molecule has 3 aliphatic rings. The summed E-state index contributed by atoms with van der Waals surface area (Å²) < 4.78 is 0.598. The maximum Gasteiger partial charge on any atom is 0.0274 e. The summed E-state index contributed by atoms with van der Waals surface area (Å²) in [6.07, 6.45) is 4.26. The van der Waals surface area contributed by atoms with Crippen LogP contribution in [-0.2, 0) is 0 Å². The van der Waals surface area contributed by atoms with Crippen LogP contribution in [0, 0.1) is 10.8 Å². The van der Waals surface area contributed by atoms with E-state index in [1.54, 1.807) is 0 Å². The lowest BCUT2D eigenvalue weighted by atomic mass is 9.36. The number of hydrogen-bond donors (Lipinski definition) is 0. The van der Waals surface area contributed by atoms with E-state index in [9.17, 15) is 0 Å². The zero-order valence-electron chi connectivity index (χ0n) is 7.00. The molecule has 3 fully saturated rings. The second kappa shape index (κ2) is 1.48. The van der Waals surface area contributed by atoms with E-state index >= 15 is 0 Å². The minimum absolute atomic E-state index is 0.544. The van der Waals surface area contributed by atoms with Crippen molar-refractivity contribution in [2.45, 2.75) is 44.4 Å². The summed E-state index contributed by atoms with van der Waals surface area (Å²) in [5.41, 5.74) is 1.26. The highest BCUT2D eigenvalue weighted by Gasteiger charge is 2.70. The Morgan fingerprint density at radius 2 is 1.50 bits per heavy atom. The molecule has 0 radical (unpaired) electrons. The van der Waals surface area contributed by atoms with Gasteiger partial charge in [0.2, 0.25) is 0 Å². The van der Waals surface area contributed by atoms with Crippen molar-refractivity contribution < 1.29 is 0 Å². The fourth-order valence-electron chi connectivity index (χ4n) is 2.46. The Morgan fingerprint density at radius 1 is 1.10 bits per heavy atom. The zero-order valence-corrected chi connectivity index (χ0v) is 8.59. The van der Waals surface area contributed by atoms with Crippen molar-refractivity contribution in [3.8, 4) is 0 Å². The molecule has 0 aromatic rings. The molecule has 10 heavy (non-hydrogen) atoms. The van der Waals surface area contributed by atoms with Crippen molar-refractivity contribution in [3.05, 3.63) is 0 Å². The summed E-state index contributed by atoms with van der Waals surface area (Å²) >= 11 is 3.76. The monoisotopic (exact) mass is 202 g/mol. The molecule has 1 heteroatoms. The van der Waals surface area contributed by atoms with E-state index in [0.717, 1.165) is 5.41 Å². The molecule has 0 N–H and O–H groups in total. The van der Waals surface area contributed by atoms with Crippen LogP contribution in [0.4, 0.5) is 0 Å². The lowest BCUT2D eigenvalue weighted by molar-refractivity contribution is -0.153. The summed E-state index contributed by atoms with van der Waals surface area (Å²) in [4.78, 5) is 0. The summed E-state index contributed by atoms with van der Waals surface area (Å²) in [6.45, 7) is 7.12. The van der Waals surface area contributed by atoms with Gasteiger partial charge in [0.1, 0.15) is 0 Å². The highest BCUT2D eigenvalue weighted by Crippen LogP contribution is 2.77. The molecular formula is C9H15Br. The number of halogens is 1. The van der Waals surface area contributed by atoms with Gasteiger partial charge < -0.3 is 0 Å². The normalized spacial score (nSPS) is 51.6. The van der Waals surface area contributed by atoms with Crippen LogP contribution in [0.5, 0.6) is 0 Å². The van der Waals surface area contributed by atoms with Gasteiger partial charge in [0.15, 0.2) is 0 Å². The molecule has 3 aliphatic carbocycles. The molecule has 58 valence electrons. The van der Waals surface area contributed by atoms with Crippen LogP contribution in [0.3, 0.4) is 0 Å². The quantitative estimate of drug-likeness (QED) is 0.529. The minimum atomic E-state index is 0.544. The van der Waals surface area contributed by atoms with E-state index in [4.69, 9.17) is 0 Å². The van der Waals surface area contributed by atoms with Crippen molar-refractivity contribution in [1.29, 1.82) is 0 Å². The summed E-state index contributed by atoms with van der Waals surface area (Å²) in [5.74, 6) is 0. The molecule has 0 aromatic heterocycles. The highest BCUT2D eigenvalue weighted by atomic mass is 79.9. The van der Waals surface area contributed by atoms with Gasteiger partial charge in [-0.05, 0) is 30.1 Å². The van der Waals surface area contributed by atoms with Crippen LogP contribution < -0.4 is 0 Å². The van der Waals surface area contributed by atoms with Gasteiger partial charge in [0.25, 0.3) is 0 Å². The van der Waals surface area contributed by atoms with Gasteiger partial charge in [-0.15, -0.1) is 0 Å². The first-order valence-electron chi connectivity index (χ1n) is 4.06. The topological polar surface area (TPSA) is 0 Å². The van der Waals surface area contributed by atoms with E-state index in [0.29, 0.717) is 9.74 Å². The molecule has 0 aliphatic heterocycles. The molecule has 0 heterocycles. The summed E-state index contributed by atoms with van der Waals surface area (Å²) in [5, 5.41) is 0. The van der Waals surface area contributed by atoms with Crippen LogP contribution in [0.1, 0.15) is 40.0 Å². The van der Waals surface area contributed by atoms with E-state index < -0.39 is 0 Å². The molecule has 0 saturated heterocycles. The molecule has 0 amide bonds. The number of alkyl halides is 1. The van der Waals surface area contributed by atoms with Gasteiger partial charge in [0.05, 0.1) is 0 Å². The molecule has 3 rings (SSSR count). The first-order valence-corrected chi connectivity index (χ1v) is 4.85. The van der Waals surface area contributed by atoms with Crippen molar-refractivity contribution in [2.24, 2.45) is 10.8 Å². The maximum atomic E-state index is 3.76. The smallest absolute Gasteiger partial charge is 0.0274 e. The van der Waals surface area contributed by atoms with Crippen LogP contribution >= 0.6 is 15.9 Å². The predicted octanol–water partition coefficient (Wildman–Crippen LogP) is 3.35. The van der Waals surface area contributed by atoms with E-state index in [1.165, 1.54) is 19.3 Å². The molecule has 0 unspecified atom stereocenters. The molecule has 0 atom stereocenters. The standard InChI is InChI=1S/C9H15Br/c1-7(2,3)8-4-9(10,5-8)6-8/h4-6H2,1-3H3. The second-order valence-electron chi connectivity index (χ2n) is 5.21. The first-order chi connectivity index (χ1) is 4.37. The Hall–Kier alpha value is 0.480. The fourth-order valence-corrected chi connectivity index (χ4v) is 4.07. The van der Waals surface area contributed by atoms with E-state index in [-0.39, 0.29) is 0 Å². The minimum Gasteiger partial charge on any atom is -0.0853 e. The van der Waals surface area contributed by atoms with Gasteiger partial charge in [-0.1, -0.05) is 36.7 Å². The van der Waals surface area contributed by atoms with Crippen molar-refractivity contribution in [1.82, 2.24) is 0 Å². The van der Waals surface area contributed by atoms with Crippen molar-refractivity contribution in [2.75, 3.05) is 0 Å². The molecule has 3 saturated carbocycles. The van der Waals surface area contributed by atoms with Crippen LogP contribution in [0.2, 0.25) is 0 Å². The third-order valence-corrected chi connectivity index (χ3v) is 4.40. The van der Waals surface area contributed by atoms with Gasteiger partial charge in [0, 0.05) is 4.32 Å². The Bertz CT molecular complexity index is 156. The van der Waals surface area contributed by atoms with Gasteiger partial charge >= 0.3 is 0 Å². The Kier molecular flexibility index (Phi) is 1.06. The maximum absolute atomic E-state index is 3.76. The zero-order chi connectivity index (χ0) is 7.62. The Labute approximate surface area is 71.5 Å². The third kappa shape index (κ3) is 0.628. The average molecular weight is 203 g/mol. The SMILES string of the molecule is CC(C)(C)C12CC(Br)(C1)C2. The number of hydrogen-bond acceptors (Lipinski definition) is 0. The van der Waals surface area contributed by atoms with Crippen molar-refractivity contribution in [3.63, 3.8) is 0 Å². The third-order valence-electron chi connectivity index (χ3n) is 3.56. The summed E-state index contributed by atoms with van der Waals surface area (Å²) in [7, 11) is 0. The van der Waals surface area contributed by atoms with Crippen molar-refractivity contribution >= 4 is 15.9 Å². The van der Waals surface area contributed by atoms with Gasteiger partial charge in [-0.2, -0.15) is 0 Å². The molecule has 0 spiro atoms. The lowest BCUT2D eigenvalue weighted by Crippen LogP contribution is -2.68. The van der Waals surface area contributed by atoms with Crippen LogP contribution in [-0.4, -0.2) is 4.32 Å². The first kappa shape index (κ1) is 7.15. The molecule has 2 bridgehead atoms. The average Bonchev–Trinajstić information content (AvgIpc) is 1.51. The Morgan fingerprint density at radius 3 is 1.60 bits per heavy atom. The predicted molar refractivity (Wildman–Crippen MR) is 47.4 cm³/mol. The largest absolute Gasteiger partial charge is 0.0853 e. The van der Waals surface area contributed by atoms with Crippen LogP contribution in [0.25, 0.3) is 0 Å². The van der Waals surface area contributed by atoms with Gasteiger partial charge in [-0.25, -0.2) is 0 Å². The molecule has 0 nitrogen and oxygen atoms in total. The second-order valence-corrected chi connectivity index (χ2v) is 6.89. The lowest BCUT2D eigenvalue weighted by Gasteiger charge is -2.73. The van der Waals surface area contributed by atoms with E-state index in [1.807, 2.05) is 0 Å². The molecular weight excluding hydrogens is 188 g/mol. The highest BCUT2D eigenvalue weighted by molar-refractivity contribution is 9.10. The molecule has 0 aromatic carbocycles. The number of rotatable bonds is 0. The Balaban J connectivity index is 2.11. The van der Waals surface area contributed by atoms with E-state index in [2.05, 4.69) is 36.7 Å². The summed E-state index contributed by atoms with van der Waals surface area (Å²) in [6, 6.07) is 0.